The van der Waals surface area contributed by atoms with Gasteiger partial charge in [-0.15, -0.1) is 0 Å². The van der Waals surface area contributed by atoms with Crippen LogP contribution >= 0.6 is 0 Å². The maximum atomic E-state index is 5.46. The van der Waals surface area contributed by atoms with E-state index in [0.717, 1.165) is 18.6 Å². The molecule has 0 fully saturated rings. The van der Waals surface area contributed by atoms with Gasteiger partial charge in [0.15, 0.2) is 0 Å². The van der Waals surface area contributed by atoms with Gasteiger partial charge in [-0.05, 0) is 37.5 Å². The van der Waals surface area contributed by atoms with Crippen LogP contribution in [0.15, 0.2) is 49.0 Å². The van der Waals surface area contributed by atoms with Gasteiger partial charge in [-0.25, -0.2) is 0 Å². The van der Waals surface area contributed by atoms with E-state index < -0.39 is 0 Å². The highest BCUT2D eigenvalue weighted by Gasteiger charge is 1.88. The second-order valence-electron chi connectivity index (χ2n) is 3.97. The number of unbranched alkanes of at least 4 members (excludes halogenated alkanes) is 4. The van der Waals surface area contributed by atoms with E-state index in [4.69, 9.17) is 4.74 Å². The van der Waals surface area contributed by atoms with Gasteiger partial charge in [0.1, 0.15) is 5.76 Å². The molecule has 0 aromatic carbocycles. The molecule has 0 unspecified atom stereocenters. The molecule has 0 rings (SSSR count). The zero-order chi connectivity index (χ0) is 12.8. The molecule has 17 heavy (non-hydrogen) atoms. The van der Waals surface area contributed by atoms with Crippen LogP contribution in [-0.2, 0) is 4.74 Å². The first-order valence-corrected chi connectivity index (χ1v) is 6.66. The van der Waals surface area contributed by atoms with E-state index in [2.05, 4.69) is 32.6 Å². The Balaban J connectivity index is 3.81. The van der Waals surface area contributed by atoms with Crippen molar-refractivity contribution >= 4 is 0 Å². The Labute approximate surface area is 107 Å². The normalized spacial score (nSPS) is 12.5. The fraction of sp³-hybridized carbons (Fsp3) is 0.500. The number of hydrogen-bond acceptors (Lipinski definition) is 1. The molecule has 96 valence electrons. The topological polar surface area (TPSA) is 9.23 Å². The van der Waals surface area contributed by atoms with E-state index >= 15 is 0 Å². The second-order valence-corrected chi connectivity index (χ2v) is 3.97. The second kappa shape index (κ2) is 12.8. The predicted octanol–water partition coefficient (Wildman–Crippen LogP) is 5.52. The van der Waals surface area contributed by atoms with Crippen molar-refractivity contribution in [2.24, 2.45) is 0 Å². The van der Waals surface area contributed by atoms with E-state index in [1.165, 1.54) is 25.7 Å². The summed E-state index contributed by atoms with van der Waals surface area (Å²) in [7, 11) is 0. The molecule has 0 saturated heterocycles. The fourth-order valence-corrected chi connectivity index (χ4v) is 1.29. The van der Waals surface area contributed by atoms with E-state index in [1.54, 1.807) is 12.3 Å². The maximum Gasteiger partial charge on any atom is 0.121 e. The third-order valence-corrected chi connectivity index (χ3v) is 2.36. The Morgan fingerprint density at radius 3 is 2.41 bits per heavy atom. The predicted molar refractivity (Wildman–Crippen MR) is 76.7 cm³/mol. The van der Waals surface area contributed by atoms with Crippen LogP contribution in [0.4, 0.5) is 0 Å². The minimum Gasteiger partial charge on any atom is -0.465 e. The summed E-state index contributed by atoms with van der Waals surface area (Å²) in [5, 5.41) is 0. The molecular weight excluding hydrogens is 208 g/mol. The minimum absolute atomic E-state index is 0.844. The zero-order valence-electron chi connectivity index (χ0n) is 11.3. The highest BCUT2D eigenvalue weighted by atomic mass is 16.5. The van der Waals surface area contributed by atoms with E-state index in [-0.39, 0.29) is 0 Å². The minimum atomic E-state index is 0.844. The Morgan fingerprint density at radius 2 is 1.76 bits per heavy atom. The third-order valence-electron chi connectivity index (χ3n) is 2.36. The molecular formula is C16H26O. The molecule has 1 heteroatoms. The Kier molecular flexibility index (Phi) is 11.9. The molecule has 0 N–H and O–H groups in total. The van der Waals surface area contributed by atoms with Crippen molar-refractivity contribution < 1.29 is 4.74 Å². The van der Waals surface area contributed by atoms with E-state index in [1.807, 2.05) is 12.2 Å². The summed E-state index contributed by atoms with van der Waals surface area (Å²) in [5.74, 6) is 0.844. The van der Waals surface area contributed by atoms with Gasteiger partial charge in [0.25, 0.3) is 0 Å². The molecule has 0 heterocycles. The molecule has 0 aliphatic heterocycles. The molecule has 0 saturated carbocycles. The Bertz CT molecular complexity index is 259. The largest absolute Gasteiger partial charge is 0.465 e. The summed E-state index contributed by atoms with van der Waals surface area (Å²) >= 11 is 0. The average molecular weight is 234 g/mol. The van der Waals surface area contributed by atoms with Crippen LogP contribution in [0.25, 0.3) is 0 Å². The average Bonchev–Trinajstić information content (AvgIpc) is 2.35. The molecule has 0 aliphatic rings. The number of allylic oxidation sites excluding steroid dienone is 5. The lowest BCUT2D eigenvalue weighted by molar-refractivity contribution is 0.366. The van der Waals surface area contributed by atoms with Gasteiger partial charge in [-0.1, -0.05) is 51.8 Å². The Morgan fingerprint density at radius 1 is 1.06 bits per heavy atom. The molecule has 0 spiro atoms. The molecule has 0 amide bonds. The van der Waals surface area contributed by atoms with Crippen LogP contribution in [0.2, 0.25) is 0 Å². The van der Waals surface area contributed by atoms with E-state index in [9.17, 15) is 0 Å². The van der Waals surface area contributed by atoms with Gasteiger partial charge in [0.2, 0.25) is 0 Å². The molecule has 1 nitrogen and oxygen atoms in total. The van der Waals surface area contributed by atoms with Gasteiger partial charge in [-0.3, -0.25) is 0 Å². The van der Waals surface area contributed by atoms with Crippen LogP contribution in [0.3, 0.4) is 0 Å². The van der Waals surface area contributed by atoms with Gasteiger partial charge >= 0.3 is 0 Å². The summed E-state index contributed by atoms with van der Waals surface area (Å²) in [5.41, 5.74) is 0. The number of ether oxygens (including phenoxy) is 1. The number of rotatable bonds is 10. The van der Waals surface area contributed by atoms with Crippen molar-refractivity contribution in [3.05, 3.63) is 49.0 Å². The van der Waals surface area contributed by atoms with Gasteiger partial charge in [0.05, 0.1) is 6.26 Å². The number of hydrogen-bond donors (Lipinski definition) is 0. The molecule has 0 radical (unpaired) electrons. The molecule has 0 bridgehead atoms. The quantitative estimate of drug-likeness (QED) is 0.274. The van der Waals surface area contributed by atoms with Crippen molar-refractivity contribution in [3.8, 4) is 0 Å². The first-order valence-electron chi connectivity index (χ1n) is 6.66. The van der Waals surface area contributed by atoms with Crippen molar-refractivity contribution in [2.75, 3.05) is 0 Å². The summed E-state index contributed by atoms with van der Waals surface area (Å²) in [4.78, 5) is 0. The first kappa shape index (κ1) is 15.8. The monoisotopic (exact) mass is 234 g/mol. The molecule has 0 aliphatic carbocycles. The van der Waals surface area contributed by atoms with Crippen LogP contribution in [0.5, 0.6) is 0 Å². The summed E-state index contributed by atoms with van der Waals surface area (Å²) in [6.45, 7) is 8.12. The van der Waals surface area contributed by atoms with E-state index in [0.29, 0.717) is 0 Å². The van der Waals surface area contributed by atoms with Crippen LogP contribution in [0.1, 0.15) is 52.4 Å². The van der Waals surface area contributed by atoms with Crippen molar-refractivity contribution in [3.63, 3.8) is 0 Å². The molecule has 0 atom stereocenters. The zero-order valence-corrected chi connectivity index (χ0v) is 11.3. The highest BCUT2D eigenvalue weighted by molar-refractivity contribution is 5.10. The van der Waals surface area contributed by atoms with Crippen molar-refractivity contribution in [1.29, 1.82) is 0 Å². The lowest BCUT2D eigenvalue weighted by atomic mass is 10.2. The smallest absolute Gasteiger partial charge is 0.121 e. The summed E-state index contributed by atoms with van der Waals surface area (Å²) in [6.07, 6.45) is 18.8. The SMILES string of the molecule is C=CC(=CCCCC)OC=CC=CCCCC. The van der Waals surface area contributed by atoms with Crippen LogP contribution in [-0.4, -0.2) is 0 Å². The highest BCUT2D eigenvalue weighted by Crippen LogP contribution is 2.04. The van der Waals surface area contributed by atoms with Gasteiger partial charge in [-0.2, -0.15) is 0 Å². The fourth-order valence-electron chi connectivity index (χ4n) is 1.29. The lowest BCUT2D eigenvalue weighted by Crippen LogP contribution is -1.80. The first-order chi connectivity index (χ1) is 8.35. The Hall–Kier alpha value is -1.24. The maximum absolute atomic E-state index is 5.46. The van der Waals surface area contributed by atoms with Crippen molar-refractivity contribution in [1.82, 2.24) is 0 Å². The summed E-state index contributed by atoms with van der Waals surface area (Å²) < 4.78 is 5.46. The third kappa shape index (κ3) is 11.0. The lowest BCUT2D eigenvalue weighted by Gasteiger charge is -1.99. The van der Waals surface area contributed by atoms with Crippen LogP contribution < -0.4 is 0 Å². The van der Waals surface area contributed by atoms with Crippen molar-refractivity contribution in [2.45, 2.75) is 52.4 Å². The van der Waals surface area contributed by atoms with Gasteiger partial charge in [0, 0.05) is 0 Å². The molecule has 0 aromatic heterocycles. The summed E-state index contributed by atoms with van der Waals surface area (Å²) in [6, 6.07) is 0. The van der Waals surface area contributed by atoms with Crippen LogP contribution in [0, 0.1) is 0 Å². The molecule has 0 aromatic rings. The van der Waals surface area contributed by atoms with Gasteiger partial charge < -0.3 is 4.74 Å². The standard InChI is InChI=1S/C16H26O/c1-4-7-9-10-11-13-15-17-16(6-3)14-12-8-5-2/h6,10-11,13-15H,3-5,7-9,12H2,1-2H3.